The molecule has 0 saturated carbocycles. The second-order valence-corrected chi connectivity index (χ2v) is 5.64. The van der Waals surface area contributed by atoms with Gasteiger partial charge in [-0.05, 0) is 43.9 Å². The maximum Gasteiger partial charge on any atom is 0.255 e. The molecular weight excluding hydrogens is 302 g/mol. The largest absolute Gasteiger partial charge is 0.491 e. The summed E-state index contributed by atoms with van der Waals surface area (Å²) in [7, 11) is 3.94. The van der Waals surface area contributed by atoms with Gasteiger partial charge in [0, 0.05) is 13.1 Å². The summed E-state index contributed by atoms with van der Waals surface area (Å²) in [5.74, 6) is 0.400. The van der Waals surface area contributed by atoms with Crippen molar-refractivity contribution in [3.8, 4) is 11.8 Å². The van der Waals surface area contributed by atoms with E-state index in [9.17, 15) is 4.79 Å². The third-order valence-corrected chi connectivity index (χ3v) is 3.46. The number of benzene rings is 2. The molecule has 0 fully saturated rings. The van der Waals surface area contributed by atoms with Crippen molar-refractivity contribution in [2.24, 2.45) is 0 Å². The number of likely N-dealkylation sites (N-methyl/N-ethyl adjacent to an activating group) is 1. The minimum absolute atomic E-state index is 0.181. The van der Waals surface area contributed by atoms with Crippen LogP contribution in [0.4, 0.5) is 0 Å². The summed E-state index contributed by atoms with van der Waals surface area (Å²) in [5, 5.41) is 11.7. The number of amides is 1. The highest BCUT2D eigenvalue weighted by Gasteiger charge is 2.11. The van der Waals surface area contributed by atoms with E-state index in [0.29, 0.717) is 30.0 Å². The summed E-state index contributed by atoms with van der Waals surface area (Å²) in [6.07, 6.45) is 0. The van der Waals surface area contributed by atoms with Crippen LogP contribution in [0, 0.1) is 11.3 Å². The molecule has 2 aromatic rings. The zero-order valence-electron chi connectivity index (χ0n) is 14.0. The number of hydrogen-bond acceptors (Lipinski definition) is 4. The fourth-order valence-electron chi connectivity index (χ4n) is 2.09. The van der Waals surface area contributed by atoms with E-state index < -0.39 is 0 Å². The van der Waals surface area contributed by atoms with Gasteiger partial charge in [0.1, 0.15) is 12.4 Å². The number of nitriles is 1. The molecule has 0 bridgehead atoms. The molecule has 0 aliphatic carbocycles. The summed E-state index contributed by atoms with van der Waals surface area (Å²) in [6, 6.07) is 16.4. The number of nitrogens with one attached hydrogen (secondary N) is 1. The molecule has 0 aliphatic rings. The van der Waals surface area contributed by atoms with Gasteiger partial charge in [0.25, 0.3) is 5.91 Å². The lowest BCUT2D eigenvalue weighted by Crippen LogP contribution is -2.24. The molecule has 124 valence electrons. The molecule has 24 heavy (non-hydrogen) atoms. The highest BCUT2D eigenvalue weighted by Crippen LogP contribution is 2.18. The normalized spacial score (nSPS) is 10.2. The lowest BCUT2D eigenvalue weighted by Gasteiger charge is -2.14. The molecule has 2 rings (SSSR count). The van der Waals surface area contributed by atoms with E-state index in [0.717, 1.165) is 12.1 Å². The summed E-state index contributed by atoms with van der Waals surface area (Å²) >= 11 is 0. The Morgan fingerprint density at radius 3 is 2.54 bits per heavy atom. The molecule has 0 saturated heterocycles. The first-order chi connectivity index (χ1) is 11.6. The first kappa shape index (κ1) is 17.5. The molecule has 5 heteroatoms. The molecule has 1 N–H and O–H groups in total. The second-order valence-electron chi connectivity index (χ2n) is 5.64. The van der Waals surface area contributed by atoms with E-state index in [1.807, 2.05) is 43.3 Å². The van der Waals surface area contributed by atoms with Crippen LogP contribution in [0.2, 0.25) is 0 Å². The van der Waals surface area contributed by atoms with E-state index >= 15 is 0 Å². The van der Waals surface area contributed by atoms with Crippen LogP contribution in [0.5, 0.6) is 5.75 Å². The summed E-state index contributed by atoms with van der Waals surface area (Å²) in [4.78, 5) is 14.4. The highest BCUT2D eigenvalue weighted by molar-refractivity contribution is 5.96. The van der Waals surface area contributed by atoms with Gasteiger partial charge in [-0.25, -0.2) is 0 Å². The van der Waals surface area contributed by atoms with Crippen molar-refractivity contribution in [2.45, 2.75) is 6.54 Å². The maximum absolute atomic E-state index is 12.4. The Hall–Kier alpha value is -2.84. The number of rotatable bonds is 7. The third kappa shape index (κ3) is 5.11. The van der Waals surface area contributed by atoms with E-state index in [1.165, 1.54) is 0 Å². The Kier molecular flexibility index (Phi) is 6.35. The van der Waals surface area contributed by atoms with Gasteiger partial charge in [-0.2, -0.15) is 5.26 Å². The van der Waals surface area contributed by atoms with E-state index in [4.69, 9.17) is 10.00 Å². The van der Waals surface area contributed by atoms with Crippen molar-refractivity contribution in [3.63, 3.8) is 0 Å². The smallest absolute Gasteiger partial charge is 0.255 e. The molecule has 0 spiro atoms. The monoisotopic (exact) mass is 323 g/mol. The van der Waals surface area contributed by atoms with Crippen LogP contribution in [-0.2, 0) is 6.54 Å². The van der Waals surface area contributed by atoms with Crippen LogP contribution in [0.1, 0.15) is 21.5 Å². The number of carbonyl (C=O) groups excluding carboxylic acids is 1. The molecule has 0 atom stereocenters. The highest BCUT2D eigenvalue weighted by atomic mass is 16.5. The molecule has 0 aliphatic heterocycles. The van der Waals surface area contributed by atoms with Gasteiger partial charge in [0.15, 0.2) is 0 Å². The fourth-order valence-corrected chi connectivity index (χ4v) is 2.09. The molecule has 5 nitrogen and oxygen atoms in total. The Labute approximate surface area is 142 Å². The third-order valence-electron chi connectivity index (χ3n) is 3.46. The minimum Gasteiger partial charge on any atom is -0.491 e. The Morgan fingerprint density at radius 2 is 1.88 bits per heavy atom. The van der Waals surface area contributed by atoms with Crippen molar-refractivity contribution in [3.05, 3.63) is 65.2 Å². The Bertz CT molecular complexity index is 718. The number of ether oxygens (including phenoxy) is 1. The van der Waals surface area contributed by atoms with Crippen LogP contribution >= 0.6 is 0 Å². The molecule has 0 aromatic heterocycles. The molecule has 2 aromatic carbocycles. The average molecular weight is 323 g/mol. The van der Waals surface area contributed by atoms with Gasteiger partial charge in [-0.15, -0.1) is 0 Å². The summed E-state index contributed by atoms with van der Waals surface area (Å²) in [6.45, 7) is 1.70. The maximum atomic E-state index is 12.4. The van der Waals surface area contributed by atoms with Crippen LogP contribution in [0.3, 0.4) is 0 Å². The number of carbonyl (C=O) groups is 1. The Morgan fingerprint density at radius 1 is 1.17 bits per heavy atom. The van der Waals surface area contributed by atoms with Gasteiger partial charge in [-0.1, -0.05) is 24.3 Å². The minimum atomic E-state index is -0.181. The van der Waals surface area contributed by atoms with Crippen molar-refractivity contribution in [1.29, 1.82) is 5.26 Å². The fraction of sp³-hybridized carbons (Fsp3) is 0.263. The van der Waals surface area contributed by atoms with Gasteiger partial charge < -0.3 is 15.0 Å². The first-order valence-electron chi connectivity index (χ1n) is 7.74. The van der Waals surface area contributed by atoms with Crippen molar-refractivity contribution < 1.29 is 9.53 Å². The van der Waals surface area contributed by atoms with E-state index in [2.05, 4.69) is 11.4 Å². The van der Waals surface area contributed by atoms with Gasteiger partial charge in [0.05, 0.1) is 17.2 Å². The molecule has 0 radical (unpaired) electrons. The van der Waals surface area contributed by atoms with E-state index in [1.54, 1.807) is 24.3 Å². The number of nitrogens with zero attached hydrogens (tertiary/aromatic N) is 2. The summed E-state index contributed by atoms with van der Waals surface area (Å²) in [5.41, 5.74) is 2.06. The lowest BCUT2D eigenvalue weighted by atomic mass is 10.1. The van der Waals surface area contributed by atoms with Gasteiger partial charge >= 0.3 is 0 Å². The first-order valence-corrected chi connectivity index (χ1v) is 7.74. The second kappa shape index (κ2) is 8.70. The van der Waals surface area contributed by atoms with Crippen molar-refractivity contribution >= 4 is 5.91 Å². The van der Waals surface area contributed by atoms with Crippen LogP contribution in [-0.4, -0.2) is 38.1 Å². The predicted octanol–water partition coefficient (Wildman–Crippen LogP) is 2.43. The van der Waals surface area contributed by atoms with Crippen molar-refractivity contribution in [1.82, 2.24) is 10.2 Å². The molecule has 0 unspecified atom stereocenters. The molecule has 1 amide bonds. The predicted molar refractivity (Wildman–Crippen MR) is 92.8 cm³/mol. The number of hydrogen-bond donors (Lipinski definition) is 1. The number of para-hydroxylation sites is 1. The van der Waals surface area contributed by atoms with Gasteiger partial charge in [-0.3, -0.25) is 4.79 Å². The topological polar surface area (TPSA) is 65.4 Å². The SMILES string of the molecule is CN(C)CCOc1ccccc1C(=O)NCc1ccc(C#N)cc1. The average Bonchev–Trinajstić information content (AvgIpc) is 2.60. The van der Waals surface area contributed by atoms with Crippen LogP contribution in [0.15, 0.2) is 48.5 Å². The van der Waals surface area contributed by atoms with Crippen LogP contribution in [0.25, 0.3) is 0 Å². The lowest BCUT2D eigenvalue weighted by molar-refractivity contribution is 0.0946. The quantitative estimate of drug-likeness (QED) is 0.850. The van der Waals surface area contributed by atoms with E-state index in [-0.39, 0.29) is 5.91 Å². The Balaban J connectivity index is 1.97. The zero-order valence-corrected chi connectivity index (χ0v) is 14.0. The molecule has 0 heterocycles. The zero-order chi connectivity index (χ0) is 17.4. The van der Waals surface area contributed by atoms with Crippen LogP contribution < -0.4 is 10.1 Å². The standard InChI is InChI=1S/C19H21N3O2/c1-22(2)11-12-24-18-6-4-3-5-17(18)19(23)21-14-16-9-7-15(13-20)8-10-16/h3-10H,11-12,14H2,1-2H3,(H,21,23). The molecular formula is C19H21N3O2. The summed E-state index contributed by atoms with van der Waals surface area (Å²) < 4.78 is 5.71. The van der Waals surface area contributed by atoms with Gasteiger partial charge in [0.2, 0.25) is 0 Å². The van der Waals surface area contributed by atoms with Crippen molar-refractivity contribution in [2.75, 3.05) is 27.2 Å².